The highest BCUT2D eigenvalue weighted by Gasteiger charge is 2.18. The van der Waals surface area contributed by atoms with Gasteiger partial charge in [-0.05, 0) is 41.5 Å². The third-order valence-electron chi connectivity index (χ3n) is 2.52. The molecule has 90 valence electrons. The van der Waals surface area contributed by atoms with E-state index in [1.54, 1.807) is 6.07 Å². The molecule has 0 aliphatic carbocycles. The van der Waals surface area contributed by atoms with Crippen molar-refractivity contribution >= 4 is 34.2 Å². The Kier molecular flexibility index (Phi) is 3.07. The average Bonchev–Trinajstić information content (AvgIpc) is 2.54. The first-order valence-corrected chi connectivity index (χ1v) is 6.28. The van der Waals surface area contributed by atoms with Gasteiger partial charge in [0.25, 0.3) is 0 Å². The van der Waals surface area contributed by atoms with Gasteiger partial charge in [-0.25, -0.2) is 14.3 Å². The van der Waals surface area contributed by atoms with E-state index >= 15 is 0 Å². The number of halogens is 1. The lowest BCUT2D eigenvalue weighted by Crippen LogP contribution is -2.10. The summed E-state index contributed by atoms with van der Waals surface area (Å²) in [7, 11) is 0. The van der Waals surface area contributed by atoms with Gasteiger partial charge in [0.2, 0.25) is 0 Å². The third-order valence-corrected chi connectivity index (χ3v) is 3.79. The minimum Gasteiger partial charge on any atom is -0.477 e. The molecule has 0 aliphatic rings. The third kappa shape index (κ3) is 2.01. The van der Waals surface area contributed by atoms with Crippen LogP contribution < -0.4 is 0 Å². The molecular formula is C11H12IN3O2. The van der Waals surface area contributed by atoms with Crippen LogP contribution in [0, 0.1) is 10.5 Å². The van der Waals surface area contributed by atoms with Gasteiger partial charge in [-0.15, -0.1) is 0 Å². The number of aromatic nitrogens is 3. The smallest absolute Gasteiger partial charge is 0.354 e. The van der Waals surface area contributed by atoms with Crippen LogP contribution in [-0.2, 0) is 0 Å². The lowest BCUT2D eigenvalue weighted by atomic mass is 10.1. The summed E-state index contributed by atoms with van der Waals surface area (Å²) in [6.07, 6.45) is 0. The maximum Gasteiger partial charge on any atom is 0.354 e. The predicted molar refractivity (Wildman–Crippen MR) is 71.5 cm³/mol. The van der Waals surface area contributed by atoms with Gasteiger partial charge in [-0.3, -0.25) is 0 Å². The van der Waals surface area contributed by atoms with Crippen LogP contribution in [-0.4, -0.2) is 25.7 Å². The van der Waals surface area contributed by atoms with Gasteiger partial charge in [-0.2, -0.15) is 5.10 Å². The van der Waals surface area contributed by atoms with E-state index in [0.29, 0.717) is 5.65 Å². The van der Waals surface area contributed by atoms with Crippen LogP contribution in [0.25, 0.3) is 5.65 Å². The van der Waals surface area contributed by atoms with E-state index in [1.165, 1.54) is 4.52 Å². The number of carboxylic acid groups (broad SMARTS) is 1. The van der Waals surface area contributed by atoms with Crippen LogP contribution in [0.5, 0.6) is 0 Å². The first kappa shape index (κ1) is 12.3. The zero-order valence-electron chi connectivity index (χ0n) is 9.73. The molecule has 0 amide bonds. The van der Waals surface area contributed by atoms with E-state index in [1.807, 2.05) is 20.8 Å². The first-order valence-electron chi connectivity index (χ1n) is 5.21. The van der Waals surface area contributed by atoms with Crippen molar-refractivity contribution in [2.75, 3.05) is 0 Å². The van der Waals surface area contributed by atoms with Crippen molar-refractivity contribution in [3.63, 3.8) is 0 Å². The van der Waals surface area contributed by atoms with E-state index in [0.717, 1.165) is 15.0 Å². The van der Waals surface area contributed by atoms with Crippen LogP contribution in [0.1, 0.15) is 41.6 Å². The number of carbonyl (C=O) groups is 1. The normalized spacial score (nSPS) is 11.4. The molecule has 6 heteroatoms. The minimum atomic E-state index is -0.988. The van der Waals surface area contributed by atoms with Crippen LogP contribution in [0.4, 0.5) is 0 Å². The summed E-state index contributed by atoms with van der Waals surface area (Å²) in [6, 6.07) is 1.59. The Bertz CT molecular complexity index is 604. The monoisotopic (exact) mass is 345 g/mol. The molecule has 2 aromatic rings. The molecule has 0 fully saturated rings. The Hall–Kier alpha value is -1.18. The fraction of sp³-hybridized carbons (Fsp3) is 0.364. The Balaban J connectivity index is 2.86. The number of rotatable bonds is 2. The summed E-state index contributed by atoms with van der Waals surface area (Å²) < 4.78 is 2.29. The predicted octanol–water partition coefficient (Wildman–Crippen LogP) is 2.46. The van der Waals surface area contributed by atoms with Crippen molar-refractivity contribution < 1.29 is 9.90 Å². The summed E-state index contributed by atoms with van der Waals surface area (Å²) in [4.78, 5) is 15.7. The summed E-state index contributed by atoms with van der Waals surface area (Å²) in [6.45, 7) is 5.82. The number of aromatic carboxylic acids is 1. The maximum atomic E-state index is 11.2. The second-order valence-corrected chi connectivity index (χ2v) is 5.24. The molecule has 17 heavy (non-hydrogen) atoms. The zero-order valence-corrected chi connectivity index (χ0v) is 11.9. The topological polar surface area (TPSA) is 67.5 Å². The van der Waals surface area contributed by atoms with Gasteiger partial charge in [0, 0.05) is 5.69 Å². The van der Waals surface area contributed by atoms with Crippen molar-refractivity contribution in [2.45, 2.75) is 26.7 Å². The first-order chi connectivity index (χ1) is 7.91. The Morgan fingerprint density at radius 2 is 2.18 bits per heavy atom. The molecule has 2 heterocycles. The van der Waals surface area contributed by atoms with E-state index in [9.17, 15) is 9.90 Å². The van der Waals surface area contributed by atoms with E-state index in [2.05, 4.69) is 32.7 Å². The molecular weight excluding hydrogens is 333 g/mol. The largest absolute Gasteiger partial charge is 0.477 e. The van der Waals surface area contributed by atoms with E-state index < -0.39 is 5.97 Å². The van der Waals surface area contributed by atoms with Crippen molar-refractivity contribution in [1.29, 1.82) is 0 Å². The molecule has 0 saturated carbocycles. The highest BCUT2D eigenvalue weighted by atomic mass is 127. The van der Waals surface area contributed by atoms with Crippen LogP contribution >= 0.6 is 22.6 Å². The molecule has 0 aromatic carbocycles. The van der Waals surface area contributed by atoms with Crippen LogP contribution in [0.2, 0.25) is 0 Å². The van der Waals surface area contributed by atoms with Gasteiger partial charge in [0.05, 0.1) is 9.26 Å². The summed E-state index contributed by atoms with van der Waals surface area (Å²) in [5, 5.41) is 13.4. The standard InChI is InChI=1S/C11H12IN3O2/c1-5(2)7-4-8(11(16)17)15-10(13-7)9(12)6(3)14-15/h4-5H,1-3H3,(H,16,17). The van der Waals surface area contributed by atoms with Crippen LogP contribution in [0.3, 0.4) is 0 Å². The number of hydrogen-bond acceptors (Lipinski definition) is 3. The fourth-order valence-corrected chi connectivity index (χ4v) is 2.02. The van der Waals surface area contributed by atoms with Crippen LogP contribution in [0.15, 0.2) is 6.07 Å². The minimum absolute atomic E-state index is 0.157. The van der Waals surface area contributed by atoms with E-state index in [-0.39, 0.29) is 11.6 Å². The van der Waals surface area contributed by atoms with Crippen molar-refractivity contribution in [1.82, 2.24) is 14.6 Å². The lowest BCUT2D eigenvalue weighted by Gasteiger charge is -2.07. The van der Waals surface area contributed by atoms with Gasteiger partial charge in [0.1, 0.15) is 0 Å². The number of carboxylic acids is 1. The Morgan fingerprint density at radius 3 is 2.71 bits per heavy atom. The number of nitrogens with zero attached hydrogens (tertiary/aromatic N) is 3. The molecule has 0 bridgehead atoms. The summed E-state index contributed by atoms with van der Waals surface area (Å²) in [5.74, 6) is -0.803. The number of fused-ring (bicyclic) bond motifs is 1. The summed E-state index contributed by atoms with van der Waals surface area (Å²) in [5.41, 5.74) is 2.34. The molecule has 0 aliphatic heterocycles. The average molecular weight is 345 g/mol. The highest BCUT2D eigenvalue weighted by Crippen LogP contribution is 2.21. The molecule has 0 atom stereocenters. The van der Waals surface area contributed by atoms with Crippen molar-refractivity contribution in [2.24, 2.45) is 0 Å². The molecule has 0 unspecified atom stereocenters. The molecule has 1 N–H and O–H groups in total. The van der Waals surface area contributed by atoms with E-state index in [4.69, 9.17) is 0 Å². The quantitative estimate of drug-likeness (QED) is 0.849. The SMILES string of the molecule is Cc1nn2c(C(=O)O)cc(C(C)C)nc2c1I. The molecule has 0 radical (unpaired) electrons. The fourth-order valence-electron chi connectivity index (χ4n) is 1.56. The van der Waals surface area contributed by atoms with Gasteiger partial charge >= 0.3 is 5.97 Å². The zero-order chi connectivity index (χ0) is 12.7. The Morgan fingerprint density at radius 1 is 1.53 bits per heavy atom. The van der Waals surface area contributed by atoms with Crippen molar-refractivity contribution in [3.8, 4) is 0 Å². The molecule has 0 spiro atoms. The number of aryl methyl sites for hydroxylation is 1. The maximum absolute atomic E-state index is 11.2. The molecule has 2 aromatic heterocycles. The van der Waals surface area contributed by atoms with Crippen molar-refractivity contribution in [3.05, 3.63) is 26.7 Å². The second-order valence-electron chi connectivity index (χ2n) is 4.16. The van der Waals surface area contributed by atoms with Gasteiger partial charge < -0.3 is 5.11 Å². The molecule has 2 rings (SSSR count). The van der Waals surface area contributed by atoms with Gasteiger partial charge in [-0.1, -0.05) is 13.8 Å². The highest BCUT2D eigenvalue weighted by molar-refractivity contribution is 14.1. The Labute approximate surface area is 112 Å². The molecule has 5 nitrogen and oxygen atoms in total. The summed E-state index contributed by atoms with van der Waals surface area (Å²) >= 11 is 2.14. The second kappa shape index (κ2) is 4.25. The van der Waals surface area contributed by atoms with Gasteiger partial charge in [0.15, 0.2) is 11.3 Å². The molecule has 0 saturated heterocycles. The lowest BCUT2D eigenvalue weighted by molar-refractivity contribution is 0.0687. The number of hydrogen-bond donors (Lipinski definition) is 1.